The van der Waals surface area contributed by atoms with Crippen molar-refractivity contribution in [2.45, 2.75) is 243 Å². The van der Waals surface area contributed by atoms with Crippen LogP contribution in [-0.2, 0) is 28.5 Å². The Morgan fingerprint density at radius 3 is 1.44 bits per heavy atom. The van der Waals surface area contributed by atoms with Gasteiger partial charge in [-0.2, -0.15) is 0 Å². The van der Waals surface area contributed by atoms with E-state index < -0.39 is 55.4 Å². The molecular weight excluding hydrogens is 773 g/mol. The molecule has 1 heterocycles. The van der Waals surface area contributed by atoms with Crippen molar-refractivity contribution in [3.8, 4) is 0 Å². The maximum absolute atomic E-state index is 12.8. The lowest BCUT2D eigenvalue weighted by Crippen LogP contribution is -2.59. The predicted octanol–water partition coefficient (Wildman–Crippen LogP) is 11.2. The van der Waals surface area contributed by atoms with Crippen molar-refractivity contribution >= 4 is 11.9 Å². The van der Waals surface area contributed by atoms with E-state index >= 15 is 0 Å². The van der Waals surface area contributed by atoms with Crippen LogP contribution in [0.1, 0.15) is 206 Å². The van der Waals surface area contributed by atoms with E-state index in [2.05, 4.69) is 56.4 Å². The first-order chi connectivity index (χ1) is 29.8. The average Bonchev–Trinajstić information content (AvgIpc) is 3.26. The van der Waals surface area contributed by atoms with Crippen molar-refractivity contribution in [1.29, 1.82) is 0 Å². The number of hydrogen-bond acceptors (Lipinski definition) is 10. The zero-order chi connectivity index (χ0) is 44.4. The minimum atomic E-state index is -1.60. The molecule has 0 aromatic heterocycles. The Morgan fingerprint density at radius 1 is 0.508 bits per heavy atom. The summed E-state index contributed by atoms with van der Waals surface area (Å²) in [6.07, 6.45) is 42.7. The minimum absolute atomic E-state index is 0.158. The second-order valence-corrected chi connectivity index (χ2v) is 16.9. The number of allylic oxidation sites excluding steroid dienone is 8. The first-order valence-corrected chi connectivity index (χ1v) is 24.7. The standard InChI is InChI=1S/C51H90O10/c1-3-5-7-9-11-13-15-17-19-21-22-24-25-27-29-31-33-35-37-39-46(53)58-42-44(43-59-51-50(57)49(56)48(55)45(41-52)61-51)60-47(54)40-38-36-34-32-30-28-26-23-20-18-16-14-12-10-8-6-4-2/h17-20,26,28,32,34,44-45,48-52,55-57H,3-16,21-25,27,29-31,33,35-43H2,1-2H3/b19-17+,20-18+,28-26+,34-32+/t44-,45-,48+,49?,50?,51-/m0/s1. The normalized spacial score (nSPS) is 20.1. The van der Waals surface area contributed by atoms with Gasteiger partial charge >= 0.3 is 11.9 Å². The van der Waals surface area contributed by atoms with Gasteiger partial charge in [0, 0.05) is 12.8 Å². The number of carbonyl (C=O) groups is 2. The summed E-state index contributed by atoms with van der Waals surface area (Å²) in [7, 11) is 0. The molecule has 10 nitrogen and oxygen atoms in total. The summed E-state index contributed by atoms with van der Waals surface area (Å²) in [5.41, 5.74) is 0. The van der Waals surface area contributed by atoms with E-state index in [0.717, 1.165) is 44.9 Å². The molecule has 2 unspecified atom stereocenters. The lowest BCUT2D eigenvalue weighted by atomic mass is 9.99. The molecule has 0 amide bonds. The Hall–Kier alpha value is -2.34. The summed E-state index contributed by atoms with van der Waals surface area (Å²) in [5, 5.41) is 40.1. The highest BCUT2D eigenvalue weighted by Crippen LogP contribution is 2.23. The molecule has 0 saturated carbocycles. The Labute approximate surface area is 371 Å². The lowest BCUT2D eigenvalue weighted by Gasteiger charge is -2.39. The van der Waals surface area contributed by atoms with Crippen LogP contribution in [0.4, 0.5) is 0 Å². The van der Waals surface area contributed by atoms with Crippen LogP contribution >= 0.6 is 0 Å². The molecule has 1 aliphatic heterocycles. The average molecular weight is 863 g/mol. The van der Waals surface area contributed by atoms with Crippen molar-refractivity contribution < 1.29 is 49.0 Å². The van der Waals surface area contributed by atoms with E-state index in [-0.39, 0.29) is 26.1 Å². The Bertz CT molecular complexity index is 1130. The quantitative estimate of drug-likeness (QED) is 0.0265. The van der Waals surface area contributed by atoms with E-state index in [9.17, 15) is 30.0 Å². The fraction of sp³-hybridized carbons (Fsp3) is 0.804. The Balaban J connectivity index is 2.32. The molecule has 0 radical (unpaired) electrons. The number of aliphatic hydroxyl groups is 4. The first kappa shape index (κ1) is 56.7. The molecule has 1 fully saturated rings. The van der Waals surface area contributed by atoms with Gasteiger partial charge < -0.3 is 39.4 Å². The van der Waals surface area contributed by atoms with Crippen LogP contribution in [0.15, 0.2) is 48.6 Å². The van der Waals surface area contributed by atoms with Crippen molar-refractivity contribution in [3.63, 3.8) is 0 Å². The van der Waals surface area contributed by atoms with E-state index in [0.29, 0.717) is 12.8 Å². The van der Waals surface area contributed by atoms with Crippen LogP contribution in [0.5, 0.6) is 0 Å². The fourth-order valence-corrected chi connectivity index (χ4v) is 7.26. The number of carbonyl (C=O) groups excluding carboxylic acids is 2. The molecular formula is C51H90O10. The highest BCUT2D eigenvalue weighted by molar-refractivity contribution is 5.70. The third-order valence-electron chi connectivity index (χ3n) is 11.2. The van der Waals surface area contributed by atoms with Gasteiger partial charge in [0.15, 0.2) is 12.4 Å². The molecule has 6 atom stereocenters. The molecule has 354 valence electrons. The maximum atomic E-state index is 12.8. The van der Waals surface area contributed by atoms with Crippen LogP contribution in [0.3, 0.4) is 0 Å². The van der Waals surface area contributed by atoms with Gasteiger partial charge in [0.25, 0.3) is 0 Å². The van der Waals surface area contributed by atoms with Crippen LogP contribution in [0.2, 0.25) is 0 Å². The van der Waals surface area contributed by atoms with Crippen LogP contribution in [0.25, 0.3) is 0 Å². The van der Waals surface area contributed by atoms with Crippen LogP contribution in [-0.4, -0.2) is 89.0 Å². The van der Waals surface area contributed by atoms with E-state index in [1.807, 2.05) is 6.08 Å². The molecule has 0 spiro atoms. The monoisotopic (exact) mass is 863 g/mol. The van der Waals surface area contributed by atoms with E-state index in [1.165, 1.54) is 122 Å². The summed E-state index contributed by atoms with van der Waals surface area (Å²) in [6.45, 7) is 3.37. The molecule has 0 aromatic carbocycles. The van der Waals surface area contributed by atoms with Gasteiger partial charge in [0.1, 0.15) is 31.0 Å². The van der Waals surface area contributed by atoms with Gasteiger partial charge in [-0.25, -0.2) is 0 Å². The van der Waals surface area contributed by atoms with Crippen molar-refractivity contribution in [2.24, 2.45) is 0 Å². The summed E-state index contributed by atoms with van der Waals surface area (Å²) >= 11 is 0. The third-order valence-corrected chi connectivity index (χ3v) is 11.2. The van der Waals surface area contributed by atoms with Crippen molar-refractivity contribution in [1.82, 2.24) is 0 Å². The third kappa shape index (κ3) is 32.9. The molecule has 0 bridgehead atoms. The van der Waals surface area contributed by atoms with Crippen LogP contribution < -0.4 is 0 Å². The van der Waals surface area contributed by atoms with Gasteiger partial charge in [-0.1, -0.05) is 172 Å². The Kier molecular flexibility index (Phi) is 38.7. The number of esters is 2. The molecule has 0 aromatic rings. The molecule has 1 aliphatic rings. The zero-order valence-corrected chi connectivity index (χ0v) is 38.7. The van der Waals surface area contributed by atoms with Gasteiger partial charge in [0.2, 0.25) is 0 Å². The number of hydrogen-bond donors (Lipinski definition) is 4. The predicted molar refractivity (Wildman–Crippen MR) is 247 cm³/mol. The van der Waals surface area contributed by atoms with Gasteiger partial charge in [-0.15, -0.1) is 0 Å². The van der Waals surface area contributed by atoms with Gasteiger partial charge in [-0.3, -0.25) is 9.59 Å². The van der Waals surface area contributed by atoms with Crippen molar-refractivity contribution in [2.75, 3.05) is 19.8 Å². The smallest absolute Gasteiger partial charge is 0.306 e. The number of aliphatic hydroxyl groups excluding tert-OH is 4. The molecule has 10 heteroatoms. The van der Waals surface area contributed by atoms with Crippen molar-refractivity contribution in [3.05, 3.63) is 48.6 Å². The second kappa shape index (κ2) is 41.7. The highest BCUT2D eigenvalue weighted by Gasteiger charge is 2.44. The molecule has 4 N–H and O–H groups in total. The molecule has 1 rings (SSSR count). The minimum Gasteiger partial charge on any atom is -0.462 e. The number of unbranched alkanes of at least 4 members (excludes halogenated alkanes) is 22. The summed E-state index contributed by atoms with van der Waals surface area (Å²) in [4.78, 5) is 25.4. The summed E-state index contributed by atoms with van der Waals surface area (Å²) in [6, 6.07) is 0. The fourth-order valence-electron chi connectivity index (χ4n) is 7.26. The number of ether oxygens (including phenoxy) is 4. The summed E-state index contributed by atoms with van der Waals surface area (Å²) < 4.78 is 22.2. The van der Waals surface area contributed by atoms with E-state index in [4.69, 9.17) is 18.9 Å². The largest absolute Gasteiger partial charge is 0.462 e. The second-order valence-electron chi connectivity index (χ2n) is 16.9. The molecule has 61 heavy (non-hydrogen) atoms. The lowest BCUT2D eigenvalue weighted by molar-refractivity contribution is -0.305. The highest BCUT2D eigenvalue weighted by atomic mass is 16.7. The zero-order valence-electron chi connectivity index (χ0n) is 38.7. The van der Waals surface area contributed by atoms with E-state index in [1.54, 1.807) is 0 Å². The topological polar surface area (TPSA) is 152 Å². The number of rotatable bonds is 41. The summed E-state index contributed by atoms with van der Waals surface area (Å²) in [5.74, 6) is -0.867. The Morgan fingerprint density at radius 2 is 0.934 bits per heavy atom. The first-order valence-electron chi connectivity index (χ1n) is 24.7. The van der Waals surface area contributed by atoms with Crippen LogP contribution in [0, 0.1) is 0 Å². The SMILES string of the molecule is CCCCCCCC/C=C/C/C=C/C/C=C/CCCC(=O)O[C@@H](COC(=O)CCCCCCCCCCC/C=C/CCCCCCCC)CO[C@H]1O[C@@H](CO)[C@@H](O)C(O)C1O. The van der Waals surface area contributed by atoms with Gasteiger partial charge in [-0.05, 0) is 70.6 Å². The van der Waals surface area contributed by atoms with Gasteiger partial charge in [0.05, 0.1) is 13.2 Å². The maximum Gasteiger partial charge on any atom is 0.306 e. The molecule has 1 saturated heterocycles. The molecule has 0 aliphatic carbocycles.